The predicted molar refractivity (Wildman–Crippen MR) is 94.4 cm³/mol. The number of nitrogens with one attached hydrogen (secondary N) is 1. The molecule has 10 heteroatoms. The number of rotatable bonds is 3. The number of carbonyl (C=O) groups is 1. The Bertz CT molecular complexity index is 858. The second-order valence-corrected chi connectivity index (χ2v) is 9.43. The monoisotopic (exact) mass is 420 g/mol. The molecule has 3 rings (SSSR count). The molecule has 0 aromatic heterocycles. The third kappa shape index (κ3) is 5.08. The van der Waals surface area contributed by atoms with Gasteiger partial charge in [0.2, 0.25) is 0 Å². The number of sulfone groups is 1. The van der Waals surface area contributed by atoms with Crippen molar-refractivity contribution in [3.63, 3.8) is 0 Å². The van der Waals surface area contributed by atoms with E-state index in [9.17, 15) is 22.0 Å². The van der Waals surface area contributed by atoms with Crippen molar-refractivity contribution in [3.8, 4) is 6.07 Å². The molecule has 0 saturated heterocycles. The number of amides is 1. The summed E-state index contributed by atoms with van der Waals surface area (Å²) in [4.78, 5) is 9.84. The molecule has 0 spiro atoms. The van der Waals surface area contributed by atoms with E-state index < -0.39 is 38.7 Å². The van der Waals surface area contributed by atoms with Gasteiger partial charge in [-0.1, -0.05) is 18.5 Å². The van der Waals surface area contributed by atoms with Gasteiger partial charge < -0.3 is 10.4 Å². The number of alkyl halides is 1. The minimum Gasteiger partial charge on any atom is -0.465 e. The Balaban J connectivity index is 0.000000244. The van der Waals surface area contributed by atoms with E-state index in [4.69, 9.17) is 22.0 Å². The molecule has 1 aromatic rings. The number of hydrogen-bond acceptors (Lipinski definition) is 4. The lowest BCUT2D eigenvalue weighted by atomic mass is 10.1. The second kappa shape index (κ2) is 7.98. The summed E-state index contributed by atoms with van der Waals surface area (Å²) in [7, 11) is -3.69. The van der Waals surface area contributed by atoms with Crippen LogP contribution in [-0.2, 0) is 9.84 Å². The highest BCUT2D eigenvalue weighted by molar-refractivity contribution is 7.92. The van der Waals surface area contributed by atoms with Crippen LogP contribution < -0.4 is 5.32 Å². The van der Waals surface area contributed by atoms with E-state index >= 15 is 0 Å². The summed E-state index contributed by atoms with van der Waals surface area (Å²) < 4.78 is 50.9. The van der Waals surface area contributed by atoms with E-state index in [0.717, 1.165) is 18.2 Å². The fourth-order valence-corrected chi connectivity index (χ4v) is 5.31. The van der Waals surface area contributed by atoms with Crippen LogP contribution in [0.3, 0.4) is 0 Å². The molecule has 0 radical (unpaired) electrons. The molecule has 148 valence electrons. The average Bonchev–Trinajstić information content (AvgIpc) is 3.24. The van der Waals surface area contributed by atoms with Gasteiger partial charge in [-0.3, -0.25) is 0 Å². The largest absolute Gasteiger partial charge is 0.465 e. The summed E-state index contributed by atoms with van der Waals surface area (Å²) in [5.74, 6) is -0.869. The highest BCUT2D eigenvalue weighted by Gasteiger charge is 2.44. The number of nitrogens with zero attached hydrogens (tertiary/aromatic N) is 1. The zero-order valence-electron chi connectivity index (χ0n) is 14.5. The average molecular weight is 421 g/mol. The lowest BCUT2D eigenvalue weighted by molar-refractivity contribution is 0.191. The summed E-state index contributed by atoms with van der Waals surface area (Å²) in [6, 6.07) is 5.04. The maximum absolute atomic E-state index is 13.4. The van der Waals surface area contributed by atoms with Gasteiger partial charge >= 0.3 is 6.09 Å². The zero-order chi connectivity index (χ0) is 20.4. The predicted octanol–water partition coefficient (Wildman–Crippen LogP) is 3.70. The van der Waals surface area contributed by atoms with Gasteiger partial charge in [-0.25, -0.2) is 22.0 Å². The normalized spacial score (nSPS) is 25.7. The van der Waals surface area contributed by atoms with Crippen LogP contribution in [0, 0.1) is 23.1 Å². The lowest BCUT2D eigenvalue weighted by Crippen LogP contribution is -2.33. The van der Waals surface area contributed by atoms with E-state index in [1.807, 2.05) is 6.07 Å². The Morgan fingerprint density at radius 2 is 2.04 bits per heavy atom. The van der Waals surface area contributed by atoms with Crippen molar-refractivity contribution in [1.82, 2.24) is 5.32 Å². The van der Waals surface area contributed by atoms with Crippen molar-refractivity contribution >= 4 is 27.5 Å². The van der Waals surface area contributed by atoms with Crippen molar-refractivity contribution in [2.24, 2.45) is 5.92 Å². The summed E-state index contributed by atoms with van der Waals surface area (Å²) in [5.41, 5.74) is -0.730. The van der Waals surface area contributed by atoms with Gasteiger partial charge in [0.1, 0.15) is 17.5 Å². The van der Waals surface area contributed by atoms with Crippen molar-refractivity contribution in [2.75, 3.05) is 0 Å². The minimum atomic E-state index is -3.69. The number of nitriles is 1. The molecular weight excluding hydrogens is 402 g/mol. The Morgan fingerprint density at radius 3 is 2.41 bits per heavy atom. The molecule has 1 aromatic carbocycles. The minimum absolute atomic E-state index is 0.0167. The van der Waals surface area contributed by atoms with Gasteiger partial charge in [-0.15, -0.1) is 0 Å². The maximum Gasteiger partial charge on any atom is 0.405 e. The lowest BCUT2D eigenvalue weighted by Gasteiger charge is -2.12. The topological polar surface area (TPSA) is 107 Å². The summed E-state index contributed by atoms with van der Waals surface area (Å²) in [6.07, 6.45) is -0.668. The van der Waals surface area contributed by atoms with Crippen LogP contribution in [0.25, 0.3) is 0 Å². The molecule has 2 aliphatic carbocycles. The van der Waals surface area contributed by atoms with Crippen LogP contribution in [0.5, 0.6) is 0 Å². The van der Waals surface area contributed by atoms with Crippen molar-refractivity contribution in [2.45, 2.75) is 54.5 Å². The van der Waals surface area contributed by atoms with Gasteiger partial charge in [-0.2, -0.15) is 5.26 Å². The molecule has 0 aliphatic heterocycles. The standard InChI is InChI=1S/C12H13ClF2O2S.C5H6N2O2/c1-7-4-9(6-11(7)15)18(16,17)12-3-2-8(14)5-10(12)13;6-3-5(1-2-5)7-4(8)9/h2-3,5,7,9,11H,4,6H2,1H3;7H,1-2H2,(H,8,9)/t7-,9-,11-;/m1./s1. The van der Waals surface area contributed by atoms with E-state index in [1.165, 1.54) is 0 Å². The molecule has 0 unspecified atom stereocenters. The first-order valence-electron chi connectivity index (χ1n) is 8.26. The Morgan fingerprint density at radius 1 is 1.41 bits per heavy atom. The van der Waals surface area contributed by atoms with E-state index in [2.05, 4.69) is 5.32 Å². The Hall–Kier alpha value is -1.92. The highest BCUT2D eigenvalue weighted by Crippen LogP contribution is 2.37. The maximum atomic E-state index is 13.4. The van der Waals surface area contributed by atoms with Gasteiger partial charge in [-0.05, 0) is 49.8 Å². The molecule has 1 amide bonds. The molecule has 3 atom stereocenters. The Labute approximate surface area is 161 Å². The van der Waals surface area contributed by atoms with Crippen molar-refractivity contribution in [1.29, 1.82) is 5.26 Å². The number of hydrogen-bond donors (Lipinski definition) is 2. The number of halogens is 3. The van der Waals surface area contributed by atoms with Crippen LogP contribution >= 0.6 is 11.6 Å². The van der Waals surface area contributed by atoms with E-state index in [0.29, 0.717) is 12.8 Å². The van der Waals surface area contributed by atoms with Crippen LogP contribution in [0.2, 0.25) is 5.02 Å². The molecule has 27 heavy (non-hydrogen) atoms. The van der Waals surface area contributed by atoms with Crippen LogP contribution in [0.1, 0.15) is 32.6 Å². The Kier molecular flexibility index (Phi) is 6.32. The summed E-state index contributed by atoms with van der Waals surface area (Å²) in [5, 5.41) is 17.7. The van der Waals surface area contributed by atoms with Crippen LogP contribution in [-0.4, -0.2) is 36.6 Å². The number of carboxylic acid groups (broad SMARTS) is 1. The molecule has 2 aliphatic rings. The van der Waals surface area contributed by atoms with Crippen molar-refractivity contribution in [3.05, 3.63) is 29.0 Å². The second-order valence-electron chi connectivity index (χ2n) is 6.83. The fraction of sp³-hybridized carbons (Fsp3) is 0.529. The third-order valence-electron chi connectivity index (χ3n) is 4.69. The third-order valence-corrected chi connectivity index (χ3v) is 7.35. The highest BCUT2D eigenvalue weighted by atomic mass is 35.5. The fourth-order valence-electron chi connectivity index (χ4n) is 2.88. The molecule has 0 heterocycles. The number of benzene rings is 1. The molecule has 2 fully saturated rings. The molecule has 0 bridgehead atoms. The van der Waals surface area contributed by atoms with Crippen LogP contribution in [0.4, 0.5) is 13.6 Å². The molecular formula is C17H19ClF2N2O4S. The first-order valence-corrected chi connectivity index (χ1v) is 10.2. The van der Waals surface area contributed by atoms with Gasteiger partial charge in [0.15, 0.2) is 9.84 Å². The molecule has 6 nitrogen and oxygen atoms in total. The quantitative estimate of drug-likeness (QED) is 0.725. The summed E-state index contributed by atoms with van der Waals surface area (Å²) in [6.45, 7) is 1.69. The van der Waals surface area contributed by atoms with Gasteiger partial charge in [0, 0.05) is 0 Å². The molecule has 2 N–H and O–H groups in total. The SMILES string of the molecule is C[C@@H]1C[C@@H](S(=O)(=O)c2ccc(F)cc2Cl)C[C@H]1F.N#CC1(NC(=O)O)CC1. The van der Waals surface area contributed by atoms with Gasteiger partial charge in [0.25, 0.3) is 0 Å². The van der Waals surface area contributed by atoms with Gasteiger partial charge in [0.05, 0.1) is 21.2 Å². The smallest absolute Gasteiger partial charge is 0.405 e. The first kappa shape index (κ1) is 21.4. The first-order chi connectivity index (χ1) is 12.5. The van der Waals surface area contributed by atoms with Crippen molar-refractivity contribution < 1.29 is 27.1 Å². The summed E-state index contributed by atoms with van der Waals surface area (Å²) >= 11 is 5.75. The van der Waals surface area contributed by atoms with E-state index in [-0.39, 0.29) is 28.7 Å². The van der Waals surface area contributed by atoms with Crippen LogP contribution in [0.15, 0.2) is 23.1 Å². The molecule has 2 saturated carbocycles. The zero-order valence-corrected chi connectivity index (χ0v) is 16.0. The van der Waals surface area contributed by atoms with E-state index in [1.54, 1.807) is 6.92 Å².